The number of nitrogens with one attached hydrogen (secondary N) is 1. The summed E-state index contributed by atoms with van der Waals surface area (Å²) in [7, 11) is 0. The Balaban J connectivity index is 1.92. The molecule has 21 heavy (non-hydrogen) atoms. The Morgan fingerprint density at radius 1 is 1.14 bits per heavy atom. The highest BCUT2D eigenvalue weighted by molar-refractivity contribution is 5.59. The molecule has 0 radical (unpaired) electrons. The molecule has 1 N–H and O–H groups in total. The fourth-order valence-electron chi connectivity index (χ4n) is 2.32. The van der Waals surface area contributed by atoms with E-state index in [1.807, 2.05) is 31.2 Å². The van der Waals surface area contributed by atoms with E-state index in [0.717, 1.165) is 35.2 Å². The number of ether oxygens (including phenoxy) is 1. The van der Waals surface area contributed by atoms with Gasteiger partial charge in [0.05, 0.1) is 6.61 Å². The topological polar surface area (TPSA) is 47.0 Å². The Morgan fingerprint density at radius 2 is 1.90 bits per heavy atom. The molecule has 0 aliphatic heterocycles. The molecule has 1 saturated carbocycles. The van der Waals surface area contributed by atoms with Crippen LogP contribution in [0.2, 0.25) is 0 Å². The lowest BCUT2D eigenvalue weighted by molar-refractivity contribution is 0.340. The van der Waals surface area contributed by atoms with Crippen molar-refractivity contribution in [1.82, 2.24) is 9.97 Å². The molecule has 1 aliphatic rings. The van der Waals surface area contributed by atoms with Crippen LogP contribution in [0.5, 0.6) is 5.75 Å². The average Bonchev–Trinajstić information content (AvgIpc) is 3.33. The van der Waals surface area contributed by atoms with Gasteiger partial charge in [0, 0.05) is 29.8 Å². The molecule has 0 atom stereocenters. The minimum absolute atomic E-state index is 0.617. The fraction of sp³-hybridized carbons (Fsp3) is 0.412. The molecule has 3 rings (SSSR count). The zero-order valence-corrected chi connectivity index (χ0v) is 12.6. The van der Waals surface area contributed by atoms with Gasteiger partial charge in [-0.1, -0.05) is 0 Å². The monoisotopic (exact) mass is 283 g/mol. The van der Waals surface area contributed by atoms with Crippen molar-refractivity contribution >= 4 is 5.82 Å². The van der Waals surface area contributed by atoms with Crippen LogP contribution in [0.25, 0.3) is 11.4 Å². The van der Waals surface area contributed by atoms with Gasteiger partial charge in [0.1, 0.15) is 11.6 Å². The Labute approximate surface area is 125 Å². The number of anilines is 1. The molecule has 1 fully saturated rings. The van der Waals surface area contributed by atoms with Crippen LogP contribution < -0.4 is 10.1 Å². The smallest absolute Gasteiger partial charge is 0.161 e. The van der Waals surface area contributed by atoms with Gasteiger partial charge in [-0.3, -0.25) is 0 Å². The molecule has 1 aromatic heterocycles. The third-order valence-corrected chi connectivity index (χ3v) is 3.52. The number of benzene rings is 1. The van der Waals surface area contributed by atoms with E-state index in [1.165, 1.54) is 12.8 Å². The normalized spacial score (nSPS) is 14.0. The van der Waals surface area contributed by atoms with Gasteiger partial charge in [-0.05, 0) is 51.0 Å². The van der Waals surface area contributed by atoms with Crippen LogP contribution in [-0.2, 0) is 0 Å². The predicted molar refractivity (Wildman–Crippen MR) is 84.8 cm³/mol. The Bertz CT molecular complexity index is 606. The Kier molecular flexibility index (Phi) is 4.04. The molecule has 0 unspecified atom stereocenters. The minimum Gasteiger partial charge on any atom is -0.494 e. The third kappa shape index (κ3) is 3.32. The van der Waals surface area contributed by atoms with Gasteiger partial charge in [0.25, 0.3) is 0 Å². The lowest BCUT2D eigenvalue weighted by Crippen LogP contribution is -2.03. The first-order valence-corrected chi connectivity index (χ1v) is 7.66. The zero-order valence-electron chi connectivity index (χ0n) is 12.6. The average molecular weight is 283 g/mol. The summed E-state index contributed by atoms with van der Waals surface area (Å²) in [6, 6.07) is 10.1. The molecular formula is C17H21N3O. The summed E-state index contributed by atoms with van der Waals surface area (Å²) in [5, 5.41) is 3.30. The standard InChI is InChI=1S/C17H21N3O/c1-3-18-16-11-15(12-5-6-12)19-17(20-16)13-7-9-14(10-8-13)21-4-2/h7-12H,3-6H2,1-2H3,(H,18,19,20). The number of aromatic nitrogens is 2. The first kappa shape index (κ1) is 13.9. The van der Waals surface area contributed by atoms with Crippen LogP contribution in [0.3, 0.4) is 0 Å². The van der Waals surface area contributed by atoms with E-state index in [0.29, 0.717) is 12.5 Å². The van der Waals surface area contributed by atoms with Gasteiger partial charge in [-0.25, -0.2) is 9.97 Å². The summed E-state index contributed by atoms with van der Waals surface area (Å²) >= 11 is 0. The second kappa shape index (κ2) is 6.12. The largest absolute Gasteiger partial charge is 0.494 e. The van der Waals surface area contributed by atoms with Crippen LogP contribution >= 0.6 is 0 Å². The lowest BCUT2D eigenvalue weighted by atomic mass is 10.2. The molecule has 4 nitrogen and oxygen atoms in total. The Hall–Kier alpha value is -2.10. The number of hydrogen-bond acceptors (Lipinski definition) is 4. The maximum absolute atomic E-state index is 5.48. The zero-order chi connectivity index (χ0) is 14.7. The van der Waals surface area contributed by atoms with Crippen LogP contribution in [0, 0.1) is 0 Å². The summed E-state index contributed by atoms with van der Waals surface area (Å²) in [5.41, 5.74) is 2.19. The summed E-state index contributed by atoms with van der Waals surface area (Å²) in [6.45, 7) is 5.61. The van der Waals surface area contributed by atoms with Crippen LogP contribution in [-0.4, -0.2) is 23.1 Å². The molecule has 1 heterocycles. The van der Waals surface area contributed by atoms with E-state index >= 15 is 0 Å². The summed E-state index contributed by atoms with van der Waals surface area (Å²) < 4.78 is 5.48. The number of hydrogen-bond donors (Lipinski definition) is 1. The maximum Gasteiger partial charge on any atom is 0.161 e. The summed E-state index contributed by atoms with van der Waals surface area (Å²) in [4.78, 5) is 9.35. The van der Waals surface area contributed by atoms with E-state index in [9.17, 15) is 0 Å². The fourth-order valence-corrected chi connectivity index (χ4v) is 2.32. The highest BCUT2D eigenvalue weighted by Crippen LogP contribution is 2.40. The number of rotatable bonds is 6. The second-order valence-electron chi connectivity index (χ2n) is 5.26. The highest BCUT2D eigenvalue weighted by Gasteiger charge is 2.26. The van der Waals surface area contributed by atoms with Gasteiger partial charge >= 0.3 is 0 Å². The molecule has 0 spiro atoms. The molecule has 0 amide bonds. The molecule has 2 aromatic rings. The van der Waals surface area contributed by atoms with Crippen LogP contribution in [0.4, 0.5) is 5.82 Å². The molecular weight excluding hydrogens is 262 g/mol. The van der Waals surface area contributed by atoms with E-state index in [4.69, 9.17) is 9.72 Å². The summed E-state index contributed by atoms with van der Waals surface area (Å²) in [5.74, 6) is 3.20. The third-order valence-electron chi connectivity index (χ3n) is 3.52. The van der Waals surface area contributed by atoms with E-state index < -0.39 is 0 Å². The van der Waals surface area contributed by atoms with Gasteiger partial charge in [0.15, 0.2) is 5.82 Å². The van der Waals surface area contributed by atoms with E-state index in [2.05, 4.69) is 23.3 Å². The van der Waals surface area contributed by atoms with Crippen molar-refractivity contribution in [3.63, 3.8) is 0 Å². The summed E-state index contributed by atoms with van der Waals surface area (Å²) in [6.07, 6.45) is 2.48. The Morgan fingerprint density at radius 3 is 2.52 bits per heavy atom. The molecule has 0 bridgehead atoms. The predicted octanol–water partition coefficient (Wildman–Crippen LogP) is 3.85. The van der Waals surface area contributed by atoms with Crippen molar-refractivity contribution in [2.75, 3.05) is 18.5 Å². The molecule has 1 aliphatic carbocycles. The molecule has 1 aromatic carbocycles. The van der Waals surface area contributed by atoms with Crippen LogP contribution in [0.15, 0.2) is 30.3 Å². The highest BCUT2D eigenvalue weighted by atomic mass is 16.5. The maximum atomic E-state index is 5.48. The first-order chi connectivity index (χ1) is 10.3. The van der Waals surface area contributed by atoms with Gasteiger partial charge in [-0.15, -0.1) is 0 Å². The SMILES string of the molecule is CCNc1cc(C2CC2)nc(-c2ccc(OCC)cc2)n1. The van der Waals surface area contributed by atoms with Crippen LogP contribution in [0.1, 0.15) is 38.3 Å². The van der Waals surface area contributed by atoms with Crippen molar-refractivity contribution in [2.24, 2.45) is 0 Å². The van der Waals surface area contributed by atoms with Gasteiger partial charge in [-0.2, -0.15) is 0 Å². The van der Waals surface area contributed by atoms with Crippen molar-refractivity contribution in [2.45, 2.75) is 32.6 Å². The second-order valence-corrected chi connectivity index (χ2v) is 5.26. The molecule has 4 heteroatoms. The minimum atomic E-state index is 0.617. The van der Waals surface area contributed by atoms with Crippen molar-refractivity contribution in [3.8, 4) is 17.1 Å². The molecule has 0 saturated heterocycles. The van der Waals surface area contributed by atoms with Crippen molar-refractivity contribution < 1.29 is 4.74 Å². The van der Waals surface area contributed by atoms with Crippen molar-refractivity contribution in [3.05, 3.63) is 36.0 Å². The quantitative estimate of drug-likeness (QED) is 0.874. The number of nitrogens with zero attached hydrogens (tertiary/aromatic N) is 2. The van der Waals surface area contributed by atoms with Crippen molar-refractivity contribution in [1.29, 1.82) is 0 Å². The van der Waals surface area contributed by atoms with E-state index in [1.54, 1.807) is 0 Å². The van der Waals surface area contributed by atoms with Gasteiger partial charge < -0.3 is 10.1 Å². The van der Waals surface area contributed by atoms with Gasteiger partial charge in [0.2, 0.25) is 0 Å². The van der Waals surface area contributed by atoms with E-state index in [-0.39, 0.29) is 0 Å². The lowest BCUT2D eigenvalue weighted by Gasteiger charge is -2.09. The molecule has 110 valence electrons. The first-order valence-electron chi connectivity index (χ1n) is 7.66.